The first kappa shape index (κ1) is 15.7. The number of cyclic esters (lactones) is 1. The monoisotopic (exact) mass is 328 g/mol. The number of fused-ring (bicyclic) bond motifs is 1. The highest BCUT2D eigenvalue weighted by molar-refractivity contribution is 6.14. The van der Waals surface area contributed by atoms with Gasteiger partial charge < -0.3 is 14.8 Å². The summed E-state index contributed by atoms with van der Waals surface area (Å²) in [6, 6.07) is 7.22. The SMILES string of the molecule is CNC(=O)/C(=C/OC1OC(=O)C(C)=C1C)n1nnc2ccccc21. The van der Waals surface area contributed by atoms with Crippen molar-refractivity contribution in [2.45, 2.75) is 20.1 Å². The summed E-state index contributed by atoms with van der Waals surface area (Å²) >= 11 is 0. The lowest BCUT2D eigenvalue weighted by atomic mass is 10.2. The van der Waals surface area contributed by atoms with Gasteiger partial charge in [0.1, 0.15) is 11.8 Å². The number of esters is 1. The first-order valence-corrected chi connectivity index (χ1v) is 7.30. The van der Waals surface area contributed by atoms with E-state index in [1.807, 2.05) is 12.1 Å². The summed E-state index contributed by atoms with van der Waals surface area (Å²) in [6.45, 7) is 3.40. The van der Waals surface area contributed by atoms with Gasteiger partial charge in [-0.1, -0.05) is 17.3 Å². The van der Waals surface area contributed by atoms with Gasteiger partial charge in [-0.25, -0.2) is 9.48 Å². The van der Waals surface area contributed by atoms with Gasteiger partial charge in [-0.3, -0.25) is 4.79 Å². The topological polar surface area (TPSA) is 95.3 Å². The lowest BCUT2D eigenvalue weighted by Crippen LogP contribution is -2.24. The van der Waals surface area contributed by atoms with Crippen molar-refractivity contribution in [3.63, 3.8) is 0 Å². The summed E-state index contributed by atoms with van der Waals surface area (Å²) in [7, 11) is 1.50. The predicted molar refractivity (Wildman–Crippen MR) is 85.2 cm³/mol. The van der Waals surface area contributed by atoms with Crippen molar-refractivity contribution >= 4 is 28.6 Å². The number of nitrogens with zero attached hydrogens (tertiary/aromatic N) is 3. The number of carbonyl (C=O) groups is 2. The Morgan fingerprint density at radius 3 is 2.79 bits per heavy atom. The van der Waals surface area contributed by atoms with E-state index in [0.717, 1.165) is 0 Å². The predicted octanol–water partition coefficient (Wildman–Crippen LogP) is 1.21. The van der Waals surface area contributed by atoms with E-state index in [0.29, 0.717) is 22.2 Å². The van der Waals surface area contributed by atoms with E-state index in [9.17, 15) is 9.59 Å². The molecule has 0 bridgehead atoms. The normalized spacial score (nSPS) is 18.0. The largest absolute Gasteiger partial charge is 0.456 e. The van der Waals surface area contributed by atoms with Crippen molar-refractivity contribution < 1.29 is 19.1 Å². The number of nitrogens with one attached hydrogen (secondary N) is 1. The maximum absolute atomic E-state index is 12.2. The quantitative estimate of drug-likeness (QED) is 0.515. The van der Waals surface area contributed by atoms with Gasteiger partial charge in [0.2, 0.25) is 0 Å². The molecule has 1 aliphatic heterocycles. The highest BCUT2D eigenvalue weighted by Gasteiger charge is 2.29. The number of hydrogen-bond acceptors (Lipinski definition) is 6. The van der Waals surface area contributed by atoms with Crippen LogP contribution in [0.25, 0.3) is 16.7 Å². The fourth-order valence-electron chi connectivity index (χ4n) is 2.24. The van der Waals surface area contributed by atoms with E-state index >= 15 is 0 Å². The fourth-order valence-corrected chi connectivity index (χ4v) is 2.24. The number of aromatic nitrogens is 3. The number of carbonyl (C=O) groups excluding carboxylic acids is 2. The standard InChI is InChI=1S/C16H16N4O4/c1-9-10(2)16(24-15(9)22)23-8-13(14(21)17-3)20-12-7-5-4-6-11(12)18-19-20/h4-8,16H,1-3H3,(H,17,21)/b13-8-. The van der Waals surface area contributed by atoms with Gasteiger partial charge in [0.25, 0.3) is 12.2 Å². The fraction of sp³-hybridized carbons (Fsp3) is 0.250. The van der Waals surface area contributed by atoms with Crippen LogP contribution in [0.2, 0.25) is 0 Å². The van der Waals surface area contributed by atoms with Gasteiger partial charge in [0.05, 0.1) is 5.52 Å². The molecule has 8 nitrogen and oxygen atoms in total. The maximum atomic E-state index is 12.2. The van der Waals surface area contributed by atoms with Crippen LogP contribution in [-0.2, 0) is 19.1 Å². The molecule has 0 saturated heterocycles. The Labute approximate surface area is 137 Å². The minimum atomic E-state index is -0.855. The Bertz CT molecular complexity index is 881. The maximum Gasteiger partial charge on any atom is 0.337 e. The second-order valence-electron chi connectivity index (χ2n) is 5.25. The van der Waals surface area contributed by atoms with Gasteiger partial charge in [0, 0.05) is 18.2 Å². The second-order valence-corrected chi connectivity index (χ2v) is 5.25. The summed E-state index contributed by atoms with van der Waals surface area (Å²) in [4.78, 5) is 23.7. The van der Waals surface area contributed by atoms with Crippen LogP contribution in [0.1, 0.15) is 13.8 Å². The van der Waals surface area contributed by atoms with Crippen molar-refractivity contribution in [3.05, 3.63) is 41.7 Å². The molecule has 0 spiro atoms. The number of ether oxygens (including phenoxy) is 2. The molecule has 1 aromatic heterocycles. The Balaban J connectivity index is 1.96. The Morgan fingerprint density at radius 2 is 2.12 bits per heavy atom. The molecule has 1 N–H and O–H groups in total. The minimum absolute atomic E-state index is 0.125. The summed E-state index contributed by atoms with van der Waals surface area (Å²) in [5.41, 5.74) is 2.59. The summed E-state index contributed by atoms with van der Waals surface area (Å²) in [5.74, 6) is -0.841. The van der Waals surface area contributed by atoms with Crippen molar-refractivity contribution in [2.24, 2.45) is 0 Å². The Morgan fingerprint density at radius 1 is 1.38 bits per heavy atom. The molecule has 0 saturated carbocycles. The smallest absolute Gasteiger partial charge is 0.337 e. The molecular weight excluding hydrogens is 312 g/mol. The van der Waals surface area contributed by atoms with Crippen LogP contribution in [0.5, 0.6) is 0 Å². The minimum Gasteiger partial charge on any atom is -0.456 e. The second kappa shape index (κ2) is 6.15. The molecule has 124 valence electrons. The molecule has 24 heavy (non-hydrogen) atoms. The van der Waals surface area contributed by atoms with Crippen LogP contribution >= 0.6 is 0 Å². The summed E-state index contributed by atoms with van der Waals surface area (Å²) in [6.07, 6.45) is 0.368. The van der Waals surface area contributed by atoms with Gasteiger partial charge in [-0.05, 0) is 26.0 Å². The third-order valence-corrected chi connectivity index (χ3v) is 3.81. The molecule has 2 heterocycles. The molecule has 1 atom stereocenters. The zero-order valence-corrected chi connectivity index (χ0v) is 13.4. The van der Waals surface area contributed by atoms with E-state index in [1.54, 1.807) is 26.0 Å². The molecule has 1 aromatic carbocycles. The third-order valence-electron chi connectivity index (χ3n) is 3.81. The summed E-state index contributed by atoms with van der Waals surface area (Å²) in [5, 5.41) is 10.5. The van der Waals surface area contributed by atoms with Crippen LogP contribution in [0, 0.1) is 0 Å². The third kappa shape index (κ3) is 2.62. The number of benzene rings is 1. The van der Waals surface area contributed by atoms with Crippen LogP contribution in [0.4, 0.5) is 0 Å². The van der Waals surface area contributed by atoms with Crippen molar-refractivity contribution in [2.75, 3.05) is 7.05 Å². The average Bonchev–Trinajstić information content (AvgIpc) is 3.12. The number of amides is 1. The van der Waals surface area contributed by atoms with E-state index in [1.165, 1.54) is 18.0 Å². The van der Waals surface area contributed by atoms with Gasteiger partial charge in [-0.2, -0.15) is 0 Å². The zero-order valence-electron chi connectivity index (χ0n) is 13.4. The molecule has 0 aliphatic carbocycles. The highest BCUT2D eigenvalue weighted by Crippen LogP contribution is 2.24. The lowest BCUT2D eigenvalue weighted by molar-refractivity contribution is -0.152. The van der Waals surface area contributed by atoms with Crippen LogP contribution in [0.15, 0.2) is 41.7 Å². The van der Waals surface area contributed by atoms with Crippen molar-refractivity contribution in [3.8, 4) is 0 Å². The molecule has 0 fully saturated rings. The molecule has 3 rings (SSSR count). The first-order chi connectivity index (χ1) is 11.5. The molecule has 1 aliphatic rings. The van der Waals surface area contributed by atoms with E-state index in [2.05, 4.69) is 15.6 Å². The van der Waals surface area contributed by atoms with E-state index in [-0.39, 0.29) is 5.70 Å². The molecular formula is C16H16N4O4. The van der Waals surface area contributed by atoms with Crippen LogP contribution < -0.4 is 5.32 Å². The molecule has 2 aromatic rings. The number of likely N-dealkylation sites (N-methyl/N-ethyl adjacent to an activating group) is 1. The Kier molecular flexibility index (Phi) is 4.03. The first-order valence-electron chi connectivity index (χ1n) is 7.30. The molecule has 1 unspecified atom stereocenters. The van der Waals surface area contributed by atoms with E-state index < -0.39 is 18.2 Å². The van der Waals surface area contributed by atoms with Crippen LogP contribution in [-0.4, -0.2) is 40.2 Å². The van der Waals surface area contributed by atoms with Crippen LogP contribution in [0.3, 0.4) is 0 Å². The molecule has 0 radical (unpaired) electrons. The van der Waals surface area contributed by atoms with E-state index in [4.69, 9.17) is 9.47 Å². The average molecular weight is 328 g/mol. The molecule has 1 amide bonds. The zero-order chi connectivity index (χ0) is 17.3. The van der Waals surface area contributed by atoms with Crippen molar-refractivity contribution in [1.29, 1.82) is 0 Å². The van der Waals surface area contributed by atoms with Crippen molar-refractivity contribution in [1.82, 2.24) is 20.3 Å². The number of hydrogen-bond donors (Lipinski definition) is 1. The number of para-hydroxylation sites is 1. The van der Waals surface area contributed by atoms with Gasteiger partial charge in [-0.15, -0.1) is 5.10 Å². The molecule has 8 heteroatoms. The van der Waals surface area contributed by atoms with Gasteiger partial charge in [0.15, 0.2) is 5.70 Å². The highest BCUT2D eigenvalue weighted by atomic mass is 16.7. The Hall–Kier alpha value is -3.16. The lowest BCUT2D eigenvalue weighted by Gasteiger charge is -2.13. The van der Waals surface area contributed by atoms with Gasteiger partial charge >= 0.3 is 5.97 Å². The number of rotatable bonds is 4. The summed E-state index contributed by atoms with van der Waals surface area (Å²) < 4.78 is 12.0.